The highest BCUT2D eigenvalue weighted by atomic mass is 32.2. The molecule has 1 aromatic rings. The molecule has 0 spiro atoms. The summed E-state index contributed by atoms with van der Waals surface area (Å²) < 4.78 is 26.9. The number of aryl methyl sites for hydroxylation is 1. The van der Waals surface area contributed by atoms with Crippen molar-refractivity contribution in [2.24, 2.45) is 0 Å². The van der Waals surface area contributed by atoms with E-state index in [-0.39, 0.29) is 15.2 Å². The molecule has 1 aromatic heterocycles. The SMILES string of the molecule is CC(=O)Nc1nc(C)c(S(=O)(=O)NC(C)(C)C)s1. The highest BCUT2D eigenvalue weighted by Crippen LogP contribution is 2.27. The molecule has 0 radical (unpaired) electrons. The fourth-order valence-corrected chi connectivity index (χ4v) is 4.17. The molecule has 0 aliphatic heterocycles. The summed E-state index contributed by atoms with van der Waals surface area (Å²) in [6, 6.07) is 0. The van der Waals surface area contributed by atoms with E-state index in [1.165, 1.54) is 6.92 Å². The van der Waals surface area contributed by atoms with Crippen LogP contribution in [0.5, 0.6) is 0 Å². The molecule has 0 fully saturated rings. The average Bonchev–Trinajstić information content (AvgIpc) is 2.41. The lowest BCUT2D eigenvalue weighted by Gasteiger charge is -2.19. The number of thiazole rings is 1. The maximum atomic E-state index is 12.1. The van der Waals surface area contributed by atoms with Crippen molar-refractivity contribution in [3.8, 4) is 0 Å². The van der Waals surface area contributed by atoms with E-state index in [0.717, 1.165) is 11.3 Å². The molecular formula is C10H17N3O3S2. The van der Waals surface area contributed by atoms with E-state index < -0.39 is 15.6 Å². The van der Waals surface area contributed by atoms with Gasteiger partial charge in [-0.2, -0.15) is 0 Å². The molecule has 2 N–H and O–H groups in total. The molecule has 0 aromatic carbocycles. The van der Waals surface area contributed by atoms with E-state index in [4.69, 9.17) is 0 Å². The topological polar surface area (TPSA) is 88.2 Å². The second kappa shape index (κ2) is 4.94. The van der Waals surface area contributed by atoms with Gasteiger partial charge >= 0.3 is 0 Å². The van der Waals surface area contributed by atoms with E-state index in [9.17, 15) is 13.2 Å². The summed E-state index contributed by atoms with van der Waals surface area (Å²) >= 11 is 0.942. The number of hydrogen-bond acceptors (Lipinski definition) is 5. The number of nitrogens with zero attached hydrogens (tertiary/aromatic N) is 1. The van der Waals surface area contributed by atoms with Crippen molar-refractivity contribution in [2.75, 3.05) is 5.32 Å². The Labute approximate surface area is 111 Å². The highest BCUT2D eigenvalue weighted by Gasteiger charge is 2.26. The van der Waals surface area contributed by atoms with Crippen LogP contribution in [0, 0.1) is 6.92 Å². The number of nitrogens with one attached hydrogen (secondary N) is 2. The minimum atomic E-state index is -3.61. The van der Waals surface area contributed by atoms with Crippen LogP contribution in [0.4, 0.5) is 5.13 Å². The molecule has 0 unspecified atom stereocenters. The van der Waals surface area contributed by atoms with Gasteiger partial charge in [0.05, 0.1) is 5.69 Å². The smallest absolute Gasteiger partial charge is 0.252 e. The summed E-state index contributed by atoms with van der Waals surface area (Å²) in [4.78, 5) is 14.9. The summed E-state index contributed by atoms with van der Waals surface area (Å²) in [5.41, 5.74) is -0.191. The number of aromatic nitrogens is 1. The van der Waals surface area contributed by atoms with Crippen molar-refractivity contribution in [3.63, 3.8) is 0 Å². The van der Waals surface area contributed by atoms with E-state index in [0.29, 0.717) is 5.69 Å². The molecule has 0 aliphatic rings. The lowest BCUT2D eigenvalue weighted by Crippen LogP contribution is -2.40. The van der Waals surface area contributed by atoms with E-state index >= 15 is 0 Å². The largest absolute Gasteiger partial charge is 0.302 e. The summed E-state index contributed by atoms with van der Waals surface area (Å²) in [5, 5.41) is 2.76. The second-order valence-electron chi connectivity index (χ2n) is 4.93. The Morgan fingerprint density at radius 3 is 2.33 bits per heavy atom. The van der Waals surface area contributed by atoms with Gasteiger partial charge in [0.2, 0.25) is 5.91 Å². The minimum Gasteiger partial charge on any atom is -0.302 e. The number of amides is 1. The zero-order valence-electron chi connectivity index (χ0n) is 11.0. The predicted molar refractivity (Wildman–Crippen MR) is 71.2 cm³/mol. The van der Waals surface area contributed by atoms with Crippen molar-refractivity contribution in [1.29, 1.82) is 0 Å². The summed E-state index contributed by atoms with van der Waals surface area (Å²) in [6.07, 6.45) is 0. The number of carbonyl (C=O) groups excluding carboxylic acids is 1. The molecule has 0 saturated heterocycles. The standard InChI is InChI=1S/C10H17N3O3S2/c1-6-8(17-9(11-6)12-7(2)14)18(15,16)13-10(3,4)5/h13H,1-5H3,(H,11,12,14). The fraction of sp³-hybridized carbons (Fsp3) is 0.600. The summed E-state index contributed by atoms with van der Waals surface area (Å²) in [6.45, 7) is 8.22. The molecule has 8 heteroatoms. The molecule has 18 heavy (non-hydrogen) atoms. The lowest BCUT2D eigenvalue weighted by molar-refractivity contribution is -0.114. The van der Waals surface area contributed by atoms with Crippen molar-refractivity contribution in [2.45, 2.75) is 44.4 Å². The molecule has 0 aliphatic carbocycles. The van der Waals surface area contributed by atoms with Gasteiger partial charge in [0.15, 0.2) is 9.34 Å². The van der Waals surface area contributed by atoms with Crippen molar-refractivity contribution >= 4 is 32.4 Å². The van der Waals surface area contributed by atoms with Crippen molar-refractivity contribution in [3.05, 3.63) is 5.69 Å². The van der Waals surface area contributed by atoms with Crippen molar-refractivity contribution in [1.82, 2.24) is 9.71 Å². The maximum Gasteiger partial charge on any atom is 0.252 e. The van der Waals surface area contributed by atoms with Crippen LogP contribution < -0.4 is 10.0 Å². The van der Waals surface area contributed by atoms with Crippen LogP contribution in [-0.4, -0.2) is 24.8 Å². The second-order valence-corrected chi connectivity index (χ2v) is 7.81. The van der Waals surface area contributed by atoms with Gasteiger partial charge in [0.1, 0.15) is 0 Å². The van der Waals surface area contributed by atoms with Gasteiger partial charge < -0.3 is 5.32 Å². The summed E-state index contributed by atoms with van der Waals surface area (Å²) in [7, 11) is -3.61. The first kappa shape index (κ1) is 15.1. The van der Waals surface area contributed by atoms with Gasteiger partial charge in [-0.15, -0.1) is 0 Å². The highest BCUT2D eigenvalue weighted by molar-refractivity contribution is 7.91. The van der Waals surface area contributed by atoms with Crippen LogP contribution >= 0.6 is 11.3 Å². The van der Waals surface area contributed by atoms with Crippen LogP contribution in [0.3, 0.4) is 0 Å². The van der Waals surface area contributed by atoms with Crippen LogP contribution in [0.15, 0.2) is 4.21 Å². The molecule has 6 nitrogen and oxygen atoms in total. The van der Waals surface area contributed by atoms with Gasteiger partial charge in [-0.3, -0.25) is 4.79 Å². The third-order valence-corrected chi connectivity index (χ3v) is 5.16. The van der Waals surface area contributed by atoms with Gasteiger partial charge in [-0.1, -0.05) is 11.3 Å². The van der Waals surface area contributed by atoms with Crippen LogP contribution in [0.1, 0.15) is 33.4 Å². The van der Waals surface area contributed by atoms with E-state index in [1.807, 2.05) is 0 Å². The number of sulfonamides is 1. The Hall–Kier alpha value is -0.990. The number of anilines is 1. The predicted octanol–water partition coefficient (Wildman–Crippen LogP) is 1.49. The fourth-order valence-electron chi connectivity index (χ4n) is 1.29. The minimum absolute atomic E-state index is 0.126. The Morgan fingerprint density at radius 2 is 1.89 bits per heavy atom. The zero-order valence-corrected chi connectivity index (χ0v) is 12.6. The first-order valence-electron chi connectivity index (χ1n) is 5.30. The first-order chi connectivity index (χ1) is 8.01. The average molecular weight is 291 g/mol. The van der Waals surface area contributed by atoms with E-state index in [2.05, 4.69) is 15.0 Å². The van der Waals surface area contributed by atoms with Gasteiger partial charge in [0.25, 0.3) is 10.0 Å². The Balaban J connectivity index is 3.10. The third-order valence-electron chi connectivity index (χ3n) is 1.72. The van der Waals surface area contributed by atoms with Crippen LogP contribution in [0.25, 0.3) is 0 Å². The molecule has 1 amide bonds. The van der Waals surface area contributed by atoms with Crippen LogP contribution in [-0.2, 0) is 14.8 Å². The molecule has 1 heterocycles. The van der Waals surface area contributed by atoms with E-state index in [1.54, 1.807) is 27.7 Å². The Kier molecular flexibility index (Phi) is 4.14. The third kappa shape index (κ3) is 4.04. The molecular weight excluding hydrogens is 274 g/mol. The normalized spacial score (nSPS) is 12.5. The summed E-state index contributed by atoms with van der Waals surface area (Å²) in [5.74, 6) is -0.281. The first-order valence-corrected chi connectivity index (χ1v) is 7.60. The van der Waals surface area contributed by atoms with Crippen LogP contribution in [0.2, 0.25) is 0 Å². The lowest BCUT2D eigenvalue weighted by atomic mass is 10.1. The maximum absolute atomic E-state index is 12.1. The molecule has 0 bridgehead atoms. The van der Waals surface area contributed by atoms with Crippen molar-refractivity contribution < 1.29 is 13.2 Å². The number of carbonyl (C=O) groups is 1. The quantitative estimate of drug-likeness (QED) is 0.883. The monoisotopic (exact) mass is 291 g/mol. The Bertz CT molecular complexity index is 555. The Morgan fingerprint density at radius 1 is 1.33 bits per heavy atom. The zero-order chi connectivity index (χ0) is 14.1. The number of rotatable bonds is 3. The molecule has 0 saturated carbocycles. The van der Waals surface area contributed by atoms with Gasteiger partial charge in [-0.05, 0) is 27.7 Å². The molecule has 0 atom stereocenters. The van der Waals surface area contributed by atoms with Gasteiger partial charge in [-0.25, -0.2) is 18.1 Å². The number of hydrogen-bond donors (Lipinski definition) is 2. The molecule has 1 rings (SSSR count). The molecule has 102 valence electrons. The van der Waals surface area contributed by atoms with Gasteiger partial charge in [0, 0.05) is 12.5 Å².